The van der Waals surface area contributed by atoms with E-state index in [2.05, 4.69) is 49.3 Å². The van der Waals surface area contributed by atoms with Gasteiger partial charge in [0.1, 0.15) is 5.75 Å². The van der Waals surface area contributed by atoms with Gasteiger partial charge in [-0.25, -0.2) is 4.98 Å². The Kier molecular flexibility index (Phi) is 5.34. The van der Waals surface area contributed by atoms with Crippen LogP contribution in [0.5, 0.6) is 11.6 Å². The van der Waals surface area contributed by atoms with Crippen molar-refractivity contribution in [3.63, 3.8) is 0 Å². The molecule has 2 rings (SSSR count). The third-order valence-corrected chi connectivity index (χ3v) is 3.40. The molecule has 0 saturated carbocycles. The van der Waals surface area contributed by atoms with Crippen LogP contribution in [0.15, 0.2) is 36.4 Å². The number of hydrogen-bond donors (Lipinski definition) is 1. The topological polar surface area (TPSA) is 34.1 Å². The highest BCUT2D eigenvalue weighted by atomic mass is 16.5. The maximum absolute atomic E-state index is 5.96. The minimum absolute atomic E-state index is 0.489. The fourth-order valence-electron chi connectivity index (χ4n) is 2.22. The second kappa shape index (κ2) is 7.23. The van der Waals surface area contributed by atoms with Gasteiger partial charge in [0, 0.05) is 18.3 Å². The van der Waals surface area contributed by atoms with E-state index in [9.17, 15) is 0 Å². The fraction of sp³-hybridized carbons (Fsp3) is 0.389. The van der Waals surface area contributed by atoms with Gasteiger partial charge in [-0.2, -0.15) is 0 Å². The first kappa shape index (κ1) is 15.5. The standard InChI is InChI=1S/C18H24N2O/c1-5-16-9-14(12-19-4)10-18(20-16)21-17-8-6-7-15(11-17)13(2)3/h6-11,13,19H,5,12H2,1-4H3. The normalized spacial score (nSPS) is 10.9. The number of pyridine rings is 1. The predicted octanol–water partition coefficient (Wildman–Crippen LogP) is 4.28. The summed E-state index contributed by atoms with van der Waals surface area (Å²) in [5, 5.41) is 3.17. The molecule has 0 amide bonds. The molecule has 21 heavy (non-hydrogen) atoms. The number of aryl methyl sites for hydroxylation is 1. The molecule has 1 heterocycles. The lowest BCUT2D eigenvalue weighted by molar-refractivity contribution is 0.459. The second-order valence-corrected chi connectivity index (χ2v) is 5.52. The maximum Gasteiger partial charge on any atom is 0.219 e. The van der Waals surface area contributed by atoms with Gasteiger partial charge in [-0.05, 0) is 48.7 Å². The van der Waals surface area contributed by atoms with E-state index in [0.29, 0.717) is 11.8 Å². The quantitative estimate of drug-likeness (QED) is 0.859. The second-order valence-electron chi connectivity index (χ2n) is 5.52. The molecule has 3 heteroatoms. The van der Waals surface area contributed by atoms with Gasteiger partial charge in [0.25, 0.3) is 0 Å². The first-order valence-corrected chi connectivity index (χ1v) is 7.54. The van der Waals surface area contributed by atoms with Crippen LogP contribution >= 0.6 is 0 Å². The van der Waals surface area contributed by atoms with E-state index < -0.39 is 0 Å². The van der Waals surface area contributed by atoms with Gasteiger partial charge in [0.05, 0.1) is 0 Å². The van der Waals surface area contributed by atoms with Crippen molar-refractivity contribution in [1.29, 1.82) is 0 Å². The van der Waals surface area contributed by atoms with Crippen molar-refractivity contribution >= 4 is 0 Å². The Labute approximate surface area is 127 Å². The average molecular weight is 284 g/mol. The molecule has 0 unspecified atom stereocenters. The van der Waals surface area contributed by atoms with Crippen molar-refractivity contribution in [1.82, 2.24) is 10.3 Å². The largest absolute Gasteiger partial charge is 0.439 e. The van der Waals surface area contributed by atoms with Crippen LogP contribution in [0.25, 0.3) is 0 Å². The molecule has 3 nitrogen and oxygen atoms in total. The molecular weight excluding hydrogens is 260 g/mol. The van der Waals surface area contributed by atoms with Crippen LogP contribution in [0.2, 0.25) is 0 Å². The van der Waals surface area contributed by atoms with Crippen LogP contribution in [-0.4, -0.2) is 12.0 Å². The van der Waals surface area contributed by atoms with Crippen LogP contribution < -0.4 is 10.1 Å². The van der Waals surface area contributed by atoms with Crippen LogP contribution in [0.3, 0.4) is 0 Å². The van der Waals surface area contributed by atoms with E-state index >= 15 is 0 Å². The molecule has 0 saturated heterocycles. The highest BCUT2D eigenvalue weighted by molar-refractivity contribution is 5.34. The Morgan fingerprint density at radius 1 is 1.19 bits per heavy atom. The highest BCUT2D eigenvalue weighted by Crippen LogP contribution is 2.25. The Hall–Kier alpha value is -1.87. The van der Waals surface area contributed by atoms with Crippen LogP contribution in [-0.2, 0) is 13.0 Å². The zero-order chi connectivity index (χ0) is 15.2. The van der Waals surface area contributed by atoms with Crippen molar-refractivity contribution in [2.24, 2.45) is 0 Å². The molecule has 0 aliphatic carbocycles. The Morgan fingerprint density at radius 3 is 2.67 bits per heavy atom. The summed E-state index contributed by atoms with van der Waals surface area (Å²) >= 11 is 0. The van der Waals surface area contributed by atoms with E-state index in [1.807, 2.05) is 25.2 Å². The van der Waals surface area contributed by atoms with E-state index in [-0.39, 0.29) is 0 Å². The summed E-state index contributed by atoms with van der Waals surface area (Å²) in [7, 11) is 1.94. The molecule has 1 aromatic carbocycles. The van der Waals surface area contributed by atoms with Gasteiger partial charge in [-0.3, -0.25) is 0 Å². The van der Waals surface area contributed by atoms with E-state index in [4.69, 9.17) is 4.74 Å². The highest BCUT2D eigenvalue weighted by Gasteiger charge is 2.06. The number of rotatable bonds is 6. The summed E-state index contributed by atoms with van der Waals surface area (Å²) in [5.41, 5.74) is 3.52. The van der Waals surface area contributed by atoms with Gasteiger partial charge in [0.2, 0.25) is 5.88 Å². The average Bonchev–Trinajstić information content (AvgIpc) is 2.47. The smallest absolute Gasteiger partial charge is 0.219 e. The zero-order valence-electron chi connectivity index (χ0n) is 13.3. The Balaban J connectivity index is 2.25. The van der Waals surface area contributed by atoms with Crippen molar-refractivity contribution in [3.8, 4) is 11.6 Å². The number of benzene rings is 1. The van der Waals surface area contributed by atoms with Gasteiger partial charge in [-0.15, -0.1) is 0 Å². The zero-order valence-corrected chi connectivity index (χ0v) is 13.3. The third kappa shape index (κ3) is 4.30. The number of nitrogens with one attached hydrogen (secondary N) is 1. The minimum Gasteiger partial charge on any atom is -0.439 e. The van der Waals surface area contributed by atoms with Crippen molar-refractivity contribution in [2.75, 3.05) is 7.05 Å². The summed E-state index contributed by atoms with van der Waals surface area (Å²) in [6, 6.07) is 12.3. The number of aromatic nitrogens is 1. The van der Waals surface area contributed by atoms with Gasteiger partial charge in [0.15, 0.2) is 0 Å². The predicted molar refractivity (Wildman–Crippen MR) is 87.0 cm³/mol. The van der Waals surface area contributed by atoms with Gasteiger partial charge >= 0.3 is 0 Å². The van der Waals surface area contributed by atoms with E-state index in [1.165, 1.54) is 11.1 Å². The molecule has 1 aromatic heterocycles. The summed E-state index contributed by atoms with van der Waals surface area (Å²) in [5.74, 6) is 2.00. The lowest BCUT2D eigenvalue weighted by Crippen LogP contribution is -2.06. The monoisotopic (exact) mass is 284 g/mol. The van der Waals surface area contributed by atoms with Crippen LogP contribution in [0, 0.1) is 0 Å². The van der Waals surface area contributed by atoms with Gasteiger partial charge < -0.3 is 10.1 Å². The summed E-state index contributed by atoms with van der Waals surface area (Å²) < 4.78 is 5.96. The first-order valence-electron chi connectivity index (χ1n) is 7.54. The molecule has 112 valence electrons. The first-order chi connectivity index (χ1) is 10.1. The molecular formula is C18H24N2O. The number of nitrogens with zero attached hydrogens (tertiary/aromatic N) is 1. The van der Waals surface area contributed by atoms with Crippen LogP contribution in [0.4, 0.5) is 0 Å². The van der Waals surface area contributed by atoms with E-state index in [1.54, 1.807) is 0 Å². The third-order valence-electron chi connectivity index (χ3n) is 3.40. The number of hydrogen-bond acceptors (Lipinski definition) is 3. The fourth-order valence-corrected chi connectivity index (χ4v) is 2.22. The molecule has 0 aliphatic heterocycles. The molecule has 2 aromatic rings. The Bertz CT molecular complexity index is 594. The lowest BCUT2D eigenvalue weighted by Gasteiger charge is -2.11. The molecule has 0 spiro atoms. The minimum atomic E-state index is 0.489. The summed E-state index contributed by atoms with van der Waals surface area (Å²) in [6.45, 7) is 7.28. The molecule has 0 aliphatic rings. The SMILES string of the molecule is CCc1cc(CNC)cc(Oc2cccc(C(C)C)c2)n1. The van der Waals surface area contributed by atoms with E-state index in [0.717, 1.165) is 24.4 Å². The van der Waals surface area contributed by atoms with Crippen molar-refractivity contribution in [3.05, 3.63) is 53.2 Å². The van der Waals surface area contributed by atoms with Crippen molar-refractivity contribution < 1.29 is 4.74 Å². The summed E-state index contributed by atoms with van der Waals surface area (Å²) in [4.78, 5) is 4.55. The molecule has 1 N–H and O–H groups in total. The Morgan fingerprint density at radius 2 is 2.00 bits per heavy atom. The molecule has 0 radical (unpaired) electrons. The lowest BCUT2D eigenvalue weighted by atomic mass is 10.0. The maximum atomic E-state index is 5.96. The molecule has 0 fully saturated rings. The summed E-state index contributed by atoms with van der Waals surface area (Å²) in [6.07, 6.45) is 0.903. The molecule has 0 atom stereocenters. The molecule has 0 bridgehead atoms. The number of ether oxygens (including phenoxy) is 1. The van der Waals surface area contributed by atoms with Gasteiger partial charge in [-0.1, -0.05) is 32.9 Å². The van der Waals surface area contributed by atoms with Crippen LogP contribution in [0.1, 0.15) is 43.5 Å². The van der Waals surface area contributed by atoms with Crippen molar-refractivity contribution in [2.45, 2.75) is 39.7 Å².